The summed E-state index contributed by atoms with van der Waals surface area (Å²) < 4.78 is 0. The number of fused-ring (bicyclic) bond motifs is 1. The third kappa shape index (κ3) is 7.08. The molecule has 0 fully saturated rings. The summed E-state index contributed by atoms with van der Waals surface area (Å²) in [5.41, 5.74) is 3.89. The van der Waals surface area contributed by atoms with Crippen molar-refractivity contribution in [2.75, 3.05) is 10.6 Å². The molecule has 0 atom stereocenters. The van der Waals surface area contributed by atoms with Crippen LogP contribution in [0.2, 0.25) is 0 Å². The van der Waals surface area contributed by atoms with Gasteiger partial charge < -0.3 is 15.6 Å². The number of amides is 1. The largest absolute Gasteiger partial charge is 0.355 e. The van der Waals surface area contributed by atoms with Gasteiger partial charge in [0.05, 0.1) is 5.52 Å². The smallest absolute Gasteiger partial charge is 0.255 e. The van der Waals surface area contributed by atoms with E-state index in [1.54, 1.807) is 30.6 Å². The molecule has 186 valence electrons. The van der Waals surface area contributed by atoms with Crippen molar-refractivity contribution in [1.82, 2.24) is 9.97 Å². The molecule has 7 heteroatoms. The second-order valence-corrected chi connectivity index (χ2v) is 9.40. The third-order valence-corrected chi connectivity index (χ3v) is 6.17. The van der Waals surface area contributed by atoms with E-state index in [2.05, 4.69) is 34.4 Å². The minimum absolute atomic E-state index is 0.135. The number of anilines is 3. The average molecular weight is 509 g/mol. The summed E-state index contributed by atoms with van der Waals surface area (Å²) >= 11 is 1.48. The Kier molecular flexibility index (Phi) is 8.73. The highest BCUT2D eigenvalue weighted by Gasteiger charge is 2.08. The highest BCUT2D eigenvalue weighted by Crippen LogP contribution is 2.28. The molecular formula is C30H28N4O2S. The van der Waals surface area contributed by atoms with Crippen molar-refractivity contribution in [1.29, 1.82) is 0 Å². The number of pyridine rings is 2. The Hall–Kier alpha value is -4.36. The first kappa shape index (κ1) is 25.7. The number of aromatic nitrogens is 2. The van der Waals surface area contributed by atoms with Crippen molar-refractivity contribution in [3.05, 3.63) is 119 Å². The van der Waals surface area contributed by atoms with Gasteiger partial charge in [-0.1, -0.05) is 50.2 Å². The van der Waals surface area contributed by atoms with Gasteiger partial charge in [-0.15, -0.1) is 0 Å². The maximum Gasteiger partial charge on any atom is 0.255 e. The van der Waals surface area contributed by atoms with E-state index in [-0.39, 0.29) is 11.5 Å². The number of nitrogens with one attached hydrogen (secondary N) is 3. The number of rotatable bonds is 6. The molecule has 0 unspecified atom stereocenters. The first-order chi connectivity index (χ1) is 18.1. The summed E-state index contributed by atoms with van der Waals surface area (Å²) in [7, 11) is 0. The van der Waals surface area contributed by atoms with Gasteiger partial charge in [0.2, 0.25) is 5.56 Å². The van der Waals surface area contributed by atoms with Gasteiger partial charge in [0.15, 0.2) is 0 Å². The molecule has 0 aliphatic heterocycles. The molecule has 5 aromatic rings. The molecule has 3 aromatic carbocycles. The lowest BCUT2D eigenvalue weighted by atomic mass is 10.1. The summed E-state index contributed by atoms with van der Waals surface area (Å²) in [4.78, 5) is 32.9. The highest BCUT2D eigenvalue weighted by molar-refractivity contribution is 7.99. The maximum absolute atomic E-state index is 12.7. The molecule has 0 saturated carbocycles. The van der Waals surface area contributed by atoms with Crippen LogP contribution in [-0.4, -0.2) is 15.9 Å². The second-order valence-electron chi connectivity index (χ2n) is 8.25. The van der Waals surface area contributed by atoms with Crippen molar-refractivity contribution in [2.24, 2.45) is 0 Å². The molecule has 0 bridgehead atoms. The molecule has 5 rings (SSSR count). The van der Waals surface area contributed by atoms with Gasteiger partial charge in [-0.3, -0.25) is 14.6 Å². The molecule has 2 aromatic heterocycles. The van der Waals surface area contributed by atoms with E-state index in [1.165, 1.54) is 18.2 Å². The number of hydrogen-bond acceptors (Lipinski definition) is 5. The Morgan fingerprint density at radius 2 is 1.57 bits per heavy atom. The fourth-order valence-electron chi connectivity index (χ4n) is 3.50. The van der Waals surface area contributed by atoms with E-state index >= 15 is 0 Å². The van der Waals surface area contributed by atoms with Crippen molar-refractivity contribution in [2.45, 2.75) is 30.1 Å². The lowest BCUT2D eigenvalue weighted by Crippen LogP contribution is -2.11. The number of aromatic amines is 1. The van der Waals surface area contributed by atoms with Crippen LogP contribution in [0.1, 0.15) is 30.6 Å². The molecule has 0 saturated heterocycles. The first-order valence-electron chi connectivity index (χ1n) is 12.0. The van der Waals surface area contributed by atoms with Crippen LogP contribution in [0.15, 0.2) is 118 Å². The Bertz CT molecular complexity index is 1530. The minimum Gasteiger partial charge on any atom is -0.355 e. The van der Waals surface area contributed by atoms with Crippen LogP contribution in [0.4, 0.5) is 17.1 Å². The third-order valence-electron chi connectivity index (χ3n) is 5.17. The lowest BCUT2D eigenvalue weighted by Gasteiger charge is -2.10. The Labute approximate surface area is 220 Å². The van der Waals surface area contributed by atoms with Gasteiger partial charge in [-0.05, 0) is 66.7 Å². The molecule has 37 heavy (non-hydrogen) atoms. The van der Waals surface area contributed by atoms with Gasteiger partial charge in [0.25, 0.3) is 5.91 Å². The van der Waals surface area contributed by atoms with E-state index in [0.717, 1.165) is 32.1 Å². The molecule has 0 spiro atoms. The lowest BCUT2D eigenvalue weighted by molar-refractivity contribution is 0.102. The number of carbonyl (C=O) groups is 1. The topological polar surface area (TPSA) is 86.9 Å². The van der Waals surface area contributed by atoms with Gasteiger partial charge in [0.1, 0.15) is 0 Å². The van der Waals surface area contributed by atoms with E-state index in [0.29, 0.717) is 11.3 Å². The average Bonchev–Trinajstić information content (AvgIpc) is 2.91. The maximum atomic E-state index is 12.7. The standard InChI is InChI=1S/C27H20N4O2S.C3H8/c32-26-17-22(13-15-29-26)34-21-11-9-20(10-12-21)31-27(33)18-5-7-19(8-6-18)30-25-14-16-28-24-4-2-1-3-23(24)25;1-3-2/h1-17H,(H,28,30)(H,29,32)(H,31,33);3H2,1-2H3. The van der Waals surface area contributed by atoms with Gasteiger partial charge >= 0.3 is 0 Å². The van der Waals surface area contributed by atoms with Crippen molar-refractivity contribution in [3.8, 4) is 0 Å². The summed E-state index contributed by atoms with van der Waals surface area (Å²) in [6.07, 6.45) is 4.65. The van der Waals surface area contributed by atoms with Crippen LogP contribution in [-0.2, 0) is 0 Å². The van der Waals surface area contributed by atoms with Crippen molar-refractivity contribution >= 4 is 45.6 Å². The monoisotopic (exact) mass is 508 g/mol. The predicted octanol–water partition coefficient (Wildman–Crippen LogP) is 7.49. The zero-order chi connectivity index (χ0) is 26.0. The van der Waals surface area contributed by atoms with Gasteiger partial charge in [-0.2, -0.15) is 0 Å². The van der Waals surface area contributed by atoms with E-state index in [4.69, 9.17) is 0 Å². The number of H-pyrrole nitrogens is 1. The highest BCUT2D eigenvalue weighted by atomic mass is 32.2. The number of para-hydroxylation sites is 1. The van der Waals surface area contributed by atoms with E-state index in [1.807, 2.05) is 72.8 Å². The number of benzene rings is 3. The van der Waals surface area contributed by atoms with Crippen LogP contribution in [0.25, 0.3) is 10.9 Å². The zero-order valence-electron chi connectivity index (χ0n) is 20.7. The summed E-state index contributed by atoms with van der Waals surface area (Å²) in [5, 5.41) is 7.35. The van der Waals surface area contributed by atoms with Crippen LogP contribution < -0.4 is 16.2 Å². The Morgan fingerprint density at radius 1 is 0.865 bits per heavy atom. The molecule has 0 aliphatic carbocycles. The minimum atomic E-state index is -0.184. The van der Waals surface area contributed by atoms with Crippen LogP contribution >= 0.6 is 11.8 Å². The van der Waals surface area contributed by atoms with Gasteiger partial charge in [-0.25, -0.2) is 0 Å². The molecule has 3 N–H and O–H groups in total. The molecule has 0 radical (unpaired) electrons. The van der Waals surface area contributed by atoms with Gasteiger partial charge in [0, 0.05) is 56.3 Å². The molecule has 6 nitrogen and oxygen atoms in total. The predicted molar refractivity (Wildman–Crippen MR) is 153 cm³/mol. The Morgan fingerprint density at radius 3 is 2.30 bits per heavy atom. The van der Waals surface area contributed by atoms with Crippen LogP contribution in [0.3, 0.4) is 0 Å². The van der Waals surface area contributed by atoms with Crippen molar-refractivity contribution < 1.29 is 4.79 Å². The van der Waals surface area contributed by atoms with E-state index in [9.17, 15) is 9.59 Å². The SMILES string of the molecule is CCC.O=C(Nc1ccc(Sc2cc[nH]c(=O)c2)cc1)c1ccc(Nc2ccnc3ccccc23)cc1. The molecule has 1 amide bonds. The molecule has 0 aliphatic rings. The number of carbonyl (C=O) groups excluding carboxylic acids is 1. The first-order valence-corrected chi connectivity index (χ1v) is 12.9. The van der Waals surface area contributed by atoms with E-state index < -0.39 is 0 Å². The summed E-state index contributed by atoms with van der Waals surface area (Å²) in [5.74, 6) is -0.184. The molecular weight excluding hydrogens is 480 g/mol. The normalized spacial score (nSPS) is 10.3. The van der Waals surface area contributed by atoms with Crippen LogP contribution in [0, 0.1) is 0 Å². The second kappa shape index (κ2) is 12.6. The fourth-order valence-corrected chi connectivity index (χ4v) is 4.35. The number of hydrogen-bond donors (Lipinski definition) is 3. The fraction of sp³-hybridized carbons (Fsp3) is 0.100. The van der Waals surface area contributed by atoms with Crippen molar-refractivity contribution in [3.63, 3.8) is 0 Å². The summed E-state index contributed by atoms with van der Waals surface area (Å²) in [6, 6.07) is 28.1. The molecule has 2 heterocycles. The Balaban J connectivity index is 0.00000102. The number of nitrogens with zero attached hydrogens (tertiary/aromatic N) is 1. The van der Waals surface area contributed by atoms with Crippen LogP contribution in [0.5, 0.6) is 0 Å². The summed E-state index contributed by atoms with van der Waals surface area (Å²) in [6.45, 7) is 4.25. The quantitative estimate of drug-likeness (QED) is 0.221. The zero-order valence-corrected chi connectivity index (χ0v) is 21.5.